The number of benzene rings is 2. The minimum atomic E-state index is 0.436. The predicted octanol–water partition coefficient (Wildman–Crippen LogP) is 4.55. The van der Waals surface area contributed by atoms with E-state index >= 15 is 0 Å². The van der Waals surface area contributed by atoms with Crippen molar-refractivity contribution in [1.82, 2.24) is 20.3 Å². The minimum absolute atomic E-state index is 0.436. The molecule has 2 aromatic heterocycles. The zero-order valence-corrected chi connectivity index (χ0v) is 17.0. The van der Waals surface area contributed by atoms with Crippen molar-refractivity contribution in [3.8, 4) is 11.5 Å². The summed E-state index contributed by atoms with van der Waals surface area (Å²) < 4.78 is 1.21. The normalized spacial score (nSPS) is 17.4. The molecule has 5 nitrogen and oxygen atoms in total. The Bertz CT molecular complexity index is 1080. The van der Waals surface area contributed by atoms with Gasteiger partial charge < -0.3 is 15.6 Å². The Labute approximate surface area is 171 Å². The van der Waals surface area contributed by atoms with E-state index in [0.29, 0.717) is 6.04 Å². The summed E-state index contributed by atoms with van der Waals surface area (Å²) in [6.45, 7) is 2.10. The van der Waals surface area contributed by atoms with Crippen molar-refractivity contribution < 1.29 is 0 Å². The number of nitrogens with zero attached hydrogens (tertiary/aromatic N) is 2. The maximum atomic E-state index is 4.88. The quantitative estimate of drug-likeness (QED) is 0.386. The average molecular weight is 469 g/mol. The lowest BCUT2D eigenvalue weighted by Gasteiger charge is -2.25. The Hall–Kier alpha value is -2.19. The van der Waals surface area contributed by atoms with Gasteiger partial charge >= 0.3 is 0 Å². The molecule has 0 spiro atoms. The summed E-state index contributed by atoms with van der Waals surface area (Å²) in [5, 5.41) is 8.39. The molecule has 0 bridgehead atoms. The van der Waals surface area contributed by atoms with Crippen molar-refractivity contribution in [2.24, 2.45) is 0 Å². The molecule has 3 N–H and O–H groups in total. The van der Waals surface area contributed by atoms with Crippen LogP contribution in [-0.2, 0) is 0 Å². The average Bonchev–Trinajstić information content (AvgIpc) is 3.13. The van der Waals surface area contributed by atoms with Gasteiger partial charge in [0.15, 0.2) is 5.82 Å². The number of nitrogens with one attached hydrogen (secondary N) is 3. The van der Waals surface area contributed by atoms with Crippen LogP contribution >= 0.6 is 22.6 Å². The van der Waals surface area contributed by atoms with Gasteiger partial charge in [-0.1, -0.05) is 12.1 Å². The predicted molar refractivity (Wildman–Crippen MR) is 119 cm³/mol. The first-order valence-corrected chi connectivity index (χ1v) is 10.4. The van der Waals surface area contributed by atoms with Crippen LogP contribution in [0.15, 0.2) is 48.5 Å². The van der Waals surface area contributed by atoms with Crippen LogP contribution in [0.4, 0.5) is 5.69 Å². The van der Waals surface area contributed by atoms with Crippen LogP contribution in [0.1, 0.15) is 12.8 Å². The fraction of sp³-hybridized carbons (Fsp3) is 0.238. The zero-order valence-electron chi connectivity index (χ0n) is 14.8. The minimum Gasteiger partial charge on any atom is -0.380 e. The number of piperidine rings is 1. The summed E-state index contributed by atoms with van der Waals surface area (Å²) in [4.78, 5) is 13.0. The number of aromatic amines is 1. The second-order valence-electron chi connectivity index (χ2n) is 7.01. The monoisotopic (exact) mass is 469 g/mol. The van der Waals surface area contributed by atoms with Crippen molar-refractivity contribution in [1.29, 1.82) is 0 Å². The molecule has 1 unspecified atom stereocenters. The molecular weight excluding hydrogens is 449 g/mol. The van der Waals surface area contributed by atoms with Crippen molar-refractivity contribution in [3.63, 3.8) is 0 Å². The lowest BCUT2D eigenvalue weighted by Crippen LogP contribution is -2.38. The molecule has 136 valence electrons. The first-order chi connectivity index (χ1) is 13.3. The van der Waals surface area contributed by atoms with Crippen LogP contribution in [0.5, 0.6) is 0 Å². The largest absolute Gasteiger partial charge is 0.380 e. The lowest BCUT2D eigenvalue weighted by molar-refractivity contribution is 0.480. The van der Waals surface area contributed by atoms with Crippen LogP contribution in [0, 0.1) is 3.57 Å². The van der Waals surface area contributed by atoms with E-state index < -0.39 is 0 Å². The van der Waals surface area contributed by atoms with E-state index in [-0.39, 0.29) is 0 Å². The van der Waals surface area contributed by atoms with E-state index in [2.05, 4.69) is 62.5 Å². The molecule has 0 aliphatic carbocycles. The fourth-order valence-electron chi connectivity index (χ4n) is 3.71. The highest BCUT2D eigenvalue weighted by Gasteiger charge is 2.16. The van der Waals surface area contributed by atoms with Gasteiger partial charge in [-0.15, -0.1) is 0 Å². The van der Waals surface area contributed by atoms with Crippen molar-refractivity contribution in [2.75, 3.05) is 18.4 Å². The number of para-hydroxylation sites is 2. The number of anilines is 1. The van der Waals surface area contributed by atoms with E-state index in [1.165, 1.54) is 16.4 Å². The second kappa shape index (κ2) is 7.09. The van der Waals surface area contributed by atoms with Crippen molar-refractivity contribution in [3.05, 3.63) is 52.1 Å². The number of pyridine rings is 1. The molecule has 1 aliphatic rings. The Morgan fingerprint density at radius 3 is 2.81 bits per heavy atom. The summed E-state index contributed by atoms with van der Waals surface area (Å²) in [7, 11) is 0. The maximum Gasteiger partial charge on any atom is 0.157 e. The lowest BCUT2D eigenvalue weighted by atomic mass is 10.1. The van der Waals surface area contributed by atoms with Crippen LogP contribution in [0.25, 0.3) is 33.5 Å². The van der Waals surface area contributed by atoms with E-state index in [1.807, 2.05) is 24.3 Å². The zero-order chi connectivity index (χ0) is 18.2. The summed E-state index contributed by atoms with van der Waals surface area (Å²) in [6.07, 6.45) is 2.38. The molecule has 0 amide bonds. The number of aromatic nitrogens is 3. The Balaban J connectivity index is 1.63. The molecule has 27 heavy (non-hydrogen) atoms. The number of imidazole rings is 1. The van der Waals surface area contributed by atoms with E-state index in [0.717, 1.165) is 52.2 Å². The third kappa shape index (κ3) is 3.39. The third-order valence-corrected chi connectivity index (χ3v) is 5.73. The number of hydrogen-bond donors (Lipinski definition) is 3. The highest BCUT2D eigenvalue weighted by Crippen LogP contribution is 2.30. The summed E-state index contributed by atoms with van der Waals surface area (Å²) in [6, 6.07) is 17.0. The van der Waals surface area contributed by atoms with Gasteiger partial charge in [-0.05, 0) is 78.4 Å². The molecule has 0 radical (unpaired) electrons. The molecule has 1 saturated heterocycles. The Morgan fingerprint density at radius 1 is 1.04 bits per heavy atom. The standard InChI is InChI=1S/C21H20IN5/c22-13-7-8-16-15(10-13)19(24-14-4-3-9-23-12-14)11-20(25-16)21-26-17-5-1-2-6-18(17)27-21/h1-2,5-8,10-11,14,23H,3-4,9,12H2,(H,24,25)(H,26,27). The molecular formula is C21H20IN5. The van der Waals surface area contributed by atoms with Gasteiger partial charge in [0.05, 0.1) is 16.6 Å². The van der Waals surface area contributed by atoms with Crippen LogP contribution in [0.3, 0.4) is 0 Å². The van der Waals surface area contributed by atoms with Gasteiger partial charge in [0.25, 0.3) is 0 Å². The van der Waals surface area contributed by atoms with Gasteiger partial charge in [-0.2, -0.15) is 0 Å². The van der Waals surface area contributed by atoms with Gasteiger partial charge in [0.1, 0.15) is 5.69 Å². The Morgan fingerprint density at radius 2 is 1.96 bits per heavy atom. The first-order valence-electron chi connectivity index (χ1n) is 9.29. The molecule has 5 rings (SSSR count). The molecule has 2 aromatic carbocycles. The first kappa shape index (κ1) is 16.9. The Kier molecular flexibility index (Phi) is 4.45. The van der Waals surface area contributed by atoms with Gasteiger partial charge in [-0.3, -0.25) is 0 Å². The van der Waals surface area contributed by atoms with Gasteiger partial charge in [-0.25, -0.2) is 9.97 Å². The number of halogens is 1. The molecule has 3 heterocycles. The van der Waals surface area contributed by atoms with E-state index in [9.17, 15) is 0 Å². The topological polar surface area (TPSA) is 65.6 Å². The maximum absolute atomic E-state index is 4.88. The van der Waals surface area contributed by atoms with Crippen LogP contribution < -0.4 is 10.6 Å². The van der Waals surface area contributed by atoms with E-state index in [1.54, 1.807) is 0 Å². The van der Waals surface area contributed by atoms with Crippen molar-refractivity contribution >= 4 is 50.2 Å². The number of rotatable bonds is 3. The number of H-pyrrole nitrogens is 1. The molecule has 4 aromatic rings. The smallest absolute Gasteiger partial charge is 0.157 e. The molecule has 1 atom stereocenters. The van der Waals surface area contributed by atoms with E-state index in [4.69, 9.17) is 9.97 Å². The summed E-state index contributed by atoms with van der Waals surface area (Å²) in [5.74, 6) is 0.807. The summed E-state index contributed by atoms with van der Waals surface area (Å²) in [5.41, 5.74) is 4.97. The fourth-order valence-corrected chi connectivity index (χ4v) is 4.20. The number of fused-ring (bicyclic) bond motifs is 2. The molecule has 1 fully saturated rings. The molecule has 0 saturated carbocycles. The highest BCUT2D eigenvalue weighted by atomic mass is 127. The molecule has 6 heteroatoms. The third-order valence-electron chi connectivity index (χ3n) is 5.06. The second-order valence-corrected chi connectivity index (χ2v) is 8.25. The molecule has 1 aliphatic heterocycles. The van der Waals surface area contributed by atoms with Crippen LogP contribution in [-0.4, -0.2) is 34.1 Å². The van der Waals surface area contributed by atoms with Crippen molar-refractivity contribution in [2.45, 2.75) is 18.9 Å². The van der Waals surface area contributed by atoms with Crippen LogP contribution in [0.2, 0.25) is 0 Å². The van der Waals surface area contributed by atoms with Gasteiger partial charge in [0.2, 0.25) is 0 Å². The van der Waals surface area contributed by atoms with Gasteiger partial charge in [0, 0.05) is 27.2 Å². The SMILES string of the molecule is Ic1ccc2nc(-c3nc4ccccc4[nH]3)cc(NC3CCCNC3)c2c1. The summed E-state index contributed by atoms with van der Waals surface area (Å²) >= 11 is 2.36. The highest BCUT2D eigenvalue weighted by molar-refractivity contribution is 14.1. The number of hydrogen-bond acceptors (Lipinski definition) is 4.